The fraction of sp³-hybridized carbons (Fsp3) is 0.238. The highest BCUT2D eigenvalue weighted by Crippen LogP contribution is 2.42. The van der Waals surface area contributed by atoms with Gasteiger partial charge in [-0.05, 0) is 42.3 Å². The van der Waals surface area contributed by atoms with Gasteiger partial charge in [-0.3, -0.25) is 9.59 Å². The molecular weight excluding hydrogens is 417 g/mol. The van der Waals surface area contributed by atoms with Crippen molar-refractivity contribution in [2.75, 3.05) is 13.7 Å². The zero-order valence-corrected chi connectivity index (χ0v) is 17.3. The zero-order valence-electron chi connectivity index (χ0n) is 15.8. The van der Waals surface area contributed by atoms with Gasteiger partial charge in [-0.2, -0.15) is 0 Å². The molecule has 1 aliphatic heterocycles. The van der Waals surface area contributed by atoms with E-state index in [1.807, 2.05) is 6.92 Å². The molecule has 1 aliphatic rings. The number of hydrogen-bond donors (Lipinski definition) is 2. The number of benzene rings is 2. The Morgan fingerprint density at radius 2 is 1.90 bits per heavy atom. The summed E-state index contributed by atoms with van der Waals surface area (Å²) in [5, 5.41) is 21.2. The Hall–Kier alpha value is -2.70. The van der Waals surface area contributed by atoms with Crippen molar-refractivity contribution in [1.29, 1.82) is 0 Å². The third-order valence-corrected chi connectivity index (χ3v) is 5.25. The molecule has 1 fully saturated rings. The van der Waals surface area contributed by atoms with Gasteiger partial charge in [0.2, 0.25) is 0 Å². The molecule has 0 aliphatic carbocycles. The summed E-state index contributed by atoms with van der Waals surface area (Å²) in [5.74, 6) is -1.75. The quantitative estimate of drug-likeness (QED) is 0.408. The van der Waals surface area contributed by atoms with E-state index >= 15 is 0 Å². The molecule has 6 nitrogen and oxygen atoms in total. The lowest BCUT2D eigenvalue weighted by molar-refractivity contribution is -0.139. The number of aliphatic hydroxyl groups excluding tert-OH is 1. The molecule has 1 atom stereocenters. The van der Waals surface area contributed by atoms with Gasteiger partial charge >= 0.3 is 0 Å². The Labute approximate surface area is 177 Å². The number of carbonyl (C=O) groups excluding carboxylic acids is 2. The molecule has 1 amide bonds. The fourth-order valence-electron chi connectivity index (χ4n) is 3.40. The van der Waals surface area contributed by atoms with Crippen molar-refractivity contribution in [2.24, 2.45) is 0 Å². The maximum Gasteiger partial charge on any atom is 0.295 e. The Bertz CT molecular complexity index is 1020. The van der Waals surface area contributed by atoms with Crippen molar-refractivity contribution in [2.45, 2.75) is 19.4 Å². The number of likely N-dealkylation sites (tertiary alicyclic amines) is 1. The molecule has 8 heteroatoms. The summed E-state index contributed by atoms with van der Waals surface area (Å²) in [6.07, 6.45) is 0.607. The molecule has 29 heavy (non-hydrogen) atoms. The van der Waals surface area contributed by atoms with Crippen molar-refractivity contribution in [3.05, 3.63) is 63.1 Å². The van der Waals surface area contributed by atoms with Crippen LogP contribution in [0.15, 0.2) is 42.0 Å². The van der Waals surface area contributed by atoms with Gasteiger partial charge in [0.15, 0.2) is 0 Å². The predicted molar refractivity (Wildman–Crippen MR) is 110 cm³/mol. The third-order valence-electron chi connectivity index (χ3n) is 4.71. The SMILES string of the molecule is CCCN1C(=O)C(=O)/C(=C(/O)c2cc(Cl)ccc2OC)C1c1ccc(O)c(Cl)c1. The van der Waals surface area contributed by atoms with E-state index in [1.54, 1.807) is 18.2 Å². The lowest BCUT2D eigenvalue weighted by Gasteiger charge is -2.25. The van der Waals surface area contributed by atoms with Gasteiger partial charge < -0.3 is 19.8 Å². The summed E-state index contributed by atoms with van der Waals surface area (Å²) >= 11 is 12.1. The van der Waals surface area contributed by atoms with Crippen molar-refractivity contribution in [3.63, 3.8) is 0 Å². The van der Waals surface area contributed by atoms with Crippen LogP contribution in [0.25, 0.3) is 5.76 Å². The van der Waals surface area contributed by atoms with Gasteiger partial charge in [0.25, 0.3) is 11.7 Å². The second kappa shape index (κ2) is 8.35. The molecule has 2 N–H and O–H groups in total. The number of amides is 1. The number of phenols is 1. The monoisotopic (exact) mass is 435 g/mol. The molecular formula is C21H19Cl2NO5. The number of nitrogens with zero attached hydrogens (tertiary/aromatic N) is 1. The summed E-state index contributed by atoms with van der Waals surface area (Å²) in [6.45, 7) is 2.18. The first-order valence-electron chi connectivity index (χ1n) is 8.90. The molecule has 1 saturated heterocycles. The minimum Gasteiger partial charge on any atom is -0.507 e. The Morgan fingerprint density at radius 3 is 2.52 bits per heavy atom. The predicted octanol–water partition coefficient (Wildman–Crippen LogP) is 4.54. The third kappa shape index (κ3) is 3.78. The van der Waals surface area contributed by atoms with Crippen LogP contribution in [0.2, 0.25) is 10.0 Å². The van der Waals surface area contributed by atoms with Crippen LogP contribution >= 0.6 is 23.2 Å². The number of methoxy groups -OCH3 is 1. The standard InChI is InChI=1S/C21H19Cl2NO5/c1-3-8-24-18(11-4-6-15(25)14(23)9-11)17(20(27)21(24)28)19(26)13-10-12(22)5-7-16(13)29-2/h4-7,9-10,18,25-26H,3,8H2,1-2H3/b19-17+. The van der Waals surface area contributed by atoms with Gasteiger partial charge in [0, 0.05) is 11.6 Å². The number of halogens is 2. The molecule has 3 rings (SSSR count). The Morgan fingerprint density at radius 1 is 1.17 bits per heavy atom. The van der Waals surface area contributed by atoms with E-state index in [0.717, 1.165) is 0 Å². The molecule has 2 aromatic rings. The maximum absolute atomic E-state index is 12.9. The number of ketones is 1. The summed E-state index contributed by atoms with van der Waals surface area (Å²) < 4.78 is 5.28. The molecule has 0 radical (unpaired) electrons. The lowest BCUT2D eigenvalue weighted by atomic mass is 9.95. The van der Waals surface area contributed by atoms with Gasteiger partial charge in [-0.1, -0.05) is 36.2 Å². The van der Waals surface area contributed by atoms with Gasteiger partial charge in [-0.25, -0.2) is 0 Å². The molecule has 1 unspecified atom stereocenters. The number of carbonyl (C=O) groups is 2. The van der Waals surface area contributed by atoms with Crippen LogP contribution in [0.3, 0.4) is 0 Å². The zero-order chi connectivity index (χ0) is 21.3. The van der Waals surface area contributed by atoms with Crippen LogP contribution in [0.4, 0.5) is 0 Å². The Kier molecular flexibility index (Phi) is 6.05. The van der Waals surface area contributed by atoms with Crippen molar-refractivity contribution >= 4 is 40.7 Å². The van der Waals surface area contributed by atoms with E-state index in [4.69, 9.17) is 27.9 Å². The minimum absolute atomic E-state index is 0.0740. The lowest BCUT2D eigenvalue weighted by Crippen LogP contribution is -2.30. The number of aliphatic hydroxyl groups is 1. The highest BCUT2D eigenvalue weighted by Gasteiger charge is 2.46. The first kappa shape index (κ1) is 21.0. The molecule has 0 saturated carbocycles. The largest absolute Gasteiger partial charge is 0.507 e. The molecule has 0 aromatic heterocycles. The summed E-state index contributed by atoms with van der Waals surface area (Å²) in [7, 11) is 1.42. The van der Waals surface area contributed by atoms with Crippen LogP contribution in [-0.4, -0.2) is 40.5 Å². The molecule has 0 spiro atoms. The minimum atomic E-state index is -0.864. The summed E-state index contributed by atoms with van der Waals surface area (Å²) in [6, 6.07) is 8.15. The van der Waals surface area contributed by atoms with E-state index in [-0.39, 0.29) is 21.9 Å². The van der Waals surface area contributed by atoms with E-state index in [0.29, 0.717) is 29.3 Å². The van der Waals surface area contributed by atoms with Gasteiger partial charge in [-0.15, -0.1) is 0 Å². The second-order valence-electron chi connectivity index (χ2n) is 6.55. The number of phenolic OH excluding ortho intramolecular Hbond substituents is 1. The first-order chi connectivity index (χ1) is 13.8. The smallest absolute Gasteiger partial charge is 0.295 e. The Balaban J connectivity index is 2.27. The van der Waals surface area contributed by atoms with Crippen LogP contribution < -0.4 is 4.74 Å². The second-order valence-corrected chi connectivity index (χ2v) is 7.39. The van der Waals surface area contributed by atoms with Crippen LogP contribution in [0.5, 0.6) is 11.5 Å². The van der Waals surface area contributed by atoms with Gasteiger partial charge in [0.1, 0.15) is 17.3 Å². The van der Waals surface area contributed by atoms with E-state index in [2.05, 4.69) is 0 Å². The number of Topliss-reactive ketones (excluding diaryl/α,β-unsaturated/α-hetero) is 1. The van der Waals surface area contributed by atoms with Crippen molar-refractivity contribution < 1.29 is 24.5 Å². The number of rotatable bonds is 5. The molecule has 2 aromatic carbocycles. The van der Waals surface area contributed by atoms with E-state index < -0.39 is 23.5 Å². The fourth-order valence-corrected chi connectivity index (χ4v) is 3.76. The number of hydrogen-bond acceptors (Lipinski definition) is 5. The number of aromatic hydroxyl groups is 1. The normalized spacial score (nSPS) is 18.3. The van der Waals surface area contributed by atoms with Crippen LogP contribution in [0, 0.1) is 0 Å². The molecule has 0 bridgehead atoms. The van der Waals surface area contributed by atoms with E-state index in [1.165, 1.54) is 30.2 Å². The van der Waals surface area contributed by atoms with Crippen molar-refractivity contribution in [1.82, 2.24) is 4.90 Å². The molecule has 152 valence electrons. The maximum atomic E-state index is 12.9. The first-order valence-corrected chi connectivity index (χ1v) is 9.66. The highest BCUT2D eigenvalue weighted by atomic mass is 35.5. The summed E-state index contributed by atoms with van der Waals surface area (Å²) in [5.41, 5.74) is 0.596. The van der Waals surface area contributed by atoms with E-state index in [9.17, 15) is 19.8 Å². The highest BCUT2D eigenvalue weighted by molar-refractivity contribution is 6.46. The summed E-state index contributed by atoms with van der Waals surface area (Å²) in [4.78, 5) is 26.9. The van der Waals surface area contributed by atoms with Crippen LogP contribution in [-0.2, 0) is 9.59 Å². The number of ether oxygens (including phenoxy) is 1. The van der Waals surface area contributed by atoms with Crippen LogP contribution in [0.1, 0.15) is 30.5 Å². The topological polar surface area (TPSA) is 87.1 Å². The average Bonchev–Trinajstić information content (AvgIpc) is 2.95. The van der Waals surface area contributed by atoms with Crippen molar-refractivity contribution in [3.8, 4) is 11.5 Å². The average molecular weight is 436 g/mol. The van der Waals surface area contributed by atoms with Gasteiger partial charge in [0.05, 0.1) is 29.3 Å². The molecule has 1 heterocycles.